The summed E-state index contributed by atoms with van der Waals surface area (Å²) in [6.07, 6.45) is 0. The molecule has 0 atom stereocenters. The van der Waals surface area contributed by atoms with E-state index in [1.165, 1.54) is 0 Å². The molecule has 0 aliphatic rings. The Labute approximate surface area is 137 Å². The highest BCUT2D eigenvalue weighted by Gasteiger charge is 2.10. The highest BCUT2D eigenvalue weighted by Crippen LogP contribution is 2.30. The van der Waals surface area contributed by atoms with Gasteiger partial charge in [-0.15, -0.1) is 0 Å². The van der Waals surface area contributed by atoms with Crippen LogP contribution in [0.15, 0.2) is 42.5 Å². The number of nitrogens with two attached hydrogens (primary N) is 1. The van der Waals surface area contributed by atoms with Crippen LogP contribution in [0.4, 0.5) is 0 Å². The van der Waals surface area contributed by atoms with Crippen molar-refractivity contribution < 1.29 is 4.74 Å². The largest absolute Gasteiger partial charge is 0.457 e. The Hall–Kier alpha value is -2.08. The Morgan fingerprint density at radius 3 is 2.50 bits per heavy atom. The molecule has 0 spiro atoms. The molecule has 7 heteroatoms. The van der Waals surface area contributed by atoms with Gasteiger partial charge in [-0.05, 0) is 30.3 Å². The summed E-state index contributed by atoms with van der Waals surface area (Å²) in [5.41, 5.74) is 7.91. The van der Waals surface area contributed by atoms with Crippen LogP contribution < -0.4 is 10.5 Å². The normalized spacial score (nSPS) is 10.7. The third-order valence-electron chi connectivity index (χ3n) is 2.99. The molecule has 0 fully saturated rings. The maximum atomic E-state index is 5.97. The highest BCUT2D eigenvalue weighted by atomic mass is 35.5. The first-order valence-corrected chi connectivity index (χ1v) is 7.25. The Bertz CT molecular complexity index is 783. The van der Waals surface area contributed by atoms with Crippen LogP contribution in [-0.4, -0.2) is 15.4 Å². The minimum absolute atomic E-state index is 0.306. The second-order valence-corrected chi connectivity index (χ2v) is 5.43. The quantitative estimate of drug-likeness (QED) is 0.755. The number of aromatic nitrogens is 3. The smallest absolute Gasteiger partial charge is 0.130 e. The topological polar surface area (TPSA) is 76.8 Å². The number of nitrogens with zero attached hydrogens (tertiary/aromatic N) is 2. The third-order valence-corrected chi connectivity index (χ3v) is 3.43. The van der Waals surface area contributed by atoms with E-state index in [4.69, 9.17) is 33.7 Å². The summed E-state index contributed by atoms with van der Waals surface area (Å²) in [6, 6.07) is 12.5. The van der Waals surface area contributed by atoms with Crippen molar-refractivity contribution in [3.05, 3.63) is 58.2 Å². The molecule has 3 aromatic rings. The predicted molar refractivity (Wildman–Crippen MR) is 86.2 cm³/mol. The zero-order valence-corrected chi connectivity index (χ0v) is 12.9. The van der Waals surface area contributed by atoms with E-state index in [0.29, 0.717) is 39.5 Å². The summed E-state index contributed by atoms with van der Waals surface area (Å²) in [5.74, 6) is 1.20. The SMILES string of the molecule is NCc1n[nH]nc1-c1cccc(Oc2cc(Cl)cc(Cl)c2)c1. The fourth-order valence-corrected chi connectivity index (χ4v) is 2.56. The minimum atomic E-state index is 0.306. The summed E-state index contributed by atoms with van der Waals surface area (Å²) in [5, 5.41) is 11.7. The zero-order chi connectivity index (χ0) is 15.5. The summed E-state index contributed by atoms with van der Waals surface area (Å²) in [7, 11) is 0. The monoisotopic (exact) mass is 334 g/mol. The number of benzene rings is 2. The number of rotatable bonds is 4. The van der Waals surface area contributed by atoms with Crippen LogP contribution in [0.3, 0.4) is 0 Å². The molecule has 112 valence electrons. The van der Waals surface area contributed by atoms with E-state index in [1.54, 1.807) is 18.2 Å². The van der Waals surface area contributed by atoms with E-state index in [-0.39, 0.29) is 0 Å². The molecule has 3 N–H and O–H groups in total. The molecule has 0 aliphatic heterocycles. The molecule has 0 amide bonds. The van der Waals surface area contributed by atoms with Gasteiger partial charge in [0.2, 0.25) is 0 Å². The van der Waals surface area contributed by atoms with E-state index in [0.717, 1.165) is 5.56 Å². The van der Waals surface area contributed by atoms with Gasteiger partial charge in [-0.3, -0.25) is 0 Å². The molecule has 0 radical (unpaired) electrons. The first-order valence-electron chi connectivity index (χ1n) is 6.50. The second kappa shape index (κ2) is 6.36. The molecule has 2 aromatic carbocycles. The molecule has 5 nitrogen and oxygen atoms in total. The van der Waals surface area contributed by atoms with Crippen LogP contribution in [0.5, 0.6) is 11.5 Å². The van der Waals surface area contributed by atoms with Crippen molar-refractivity contribution in [2.75, 3.05) is 0 Å². The van der Waals surface area contributed by atoms with Crippen molar-refractivity contribution in [1.29, 1.82) is 0 Å². The van der Waals surface area contributed by atoms with Crippen molar-refractivity contribution in [1.82, 2.24) is 15.4 Å². The Kier molecular flexibility index (Phi) is 4.29. The van der Waals surface area contributed by atoms with Crippen LogP contribution in [0, 0.1) is 0 Å². The van der Waals surface area contributed by atoms with E-state index in [2.05, 4.69) is 15.4 Å². The number of H-pyrrole nitrogens is 1. The van der Waals surface area contributed by atoms with Crippen molar-refractivity contribution in [3.8, 4) is 22.8 Å². The van der Waals surface area contributed by atoms with Crippen molar-refractivity contribution in [2.45, 2.75) is 6.54 Å². The summed E-state index contributed by atoms with van der Waals surface area (Å²) in [4.78, 5) is 0. The number of hydrogen-bond acceptors (Lipinski definition) is 4. The average Bonchev–Trinajstić information content (AvgIpc) is 2.95. The maximum Gasteiger partial charge on any atom is 0.130 e. The lowest BCUT2D eigenvalue weighted by Crippen LogP contribution is -1.98. The van der Waals surface area contributed by atoms with Crippen LogP contribution in [0.25, 0.3) is 11.3 Å². The summed E-state index contributed by atoms with van der Waals surface area (Å²) < 4.78 is 5.79. The molecule has 0 unspecified atom stereocenters. The molecular formula is C15H12Cl2N4O. The second-order valence-electron chi connectivity index (χ2n) is 4.56. The van der Waals surface area contributed by atoms with Crippen LogP contribution in [0.1, 0.15) is 5.69 Å². The summed E-state index contributed by atoms with van der Waals surface area (Å²) >= 11 is 11.9. The van der Waals surface area contributed by atoms with Crippen molar-refractivity contribution in [2.24, 2.45) is 5.73 Å². The van der Waals surface area contributed by atoms with Gasteiger partial charge in [0.05, 0.1) is 0 Å². The first-order chi connectivity index (χ1) is 10.7. The standard InChI is InChI=1S/C15H12Cl2N4O/c16-10-5-11(17)7-13(6-10)22-12-3-1-2-9(4-12)15-14(8-18)19-21-20-15/h1-7H,8,18H2,(H,19,20,21). The fraction of sp³-hybridized carbons (Fsp3) is 0.0667. The molecule has 0 saturated carbocycles. The molecule has 0 bridgehead atoms. The molecular weight excluding hydrogens is 323 g/mol. The summed E-state index contributed by atoms with van der Waals surface area (Å²) in [6.45, 7) is 0.306. The van der Waals surface area contributed by atoms with Gasteiger partial charge in [0.1, 0.15) is 22.9 Å². The van der Waals surface area contributed by atoms with E-state index >= 15 is 0 Å². The average molecular weight is 335 g/mol. The minimum Gasteiger partial charge on any atom is -0.457 e. The van der Waals surface area contributed by atoms with Gasteiger partial charge in [-0.25, -0.2) is 0 Å². The van der Waals surface area contributed by atoms with E-state index in [1.807, 2.05) is 24.3 Å². The Morgan fingerprint density at radius 1 is 1.00 bits per heavy atom. The molecule has 1 heterocycles. The van der Waals surface area contributed by atoms with E-state index in [9.17, 15) is 0 Å². The maximum absolute atomic E-state index is 5.97. The fourth-order valence-electron chi connectivity index (χ4n) is 2.06. The number of ether oxygens (including phenoxy) is 1. The van der Waals surface area contributed by atoms with Crippen molar-refractivity contribution in [3.63, 3.8) is 0 Å². The molecule has 1 aromatic heterocycles. The number of aromatic amines is 1. The molecule has 22 heavy (non-hydrogen) atoms. The molecule has 0 saturated heterocycles. The number of nitrogens with one attached hydrogen (secondary N) is 1. The van der Waals surface area contributed by atoms with E-state index < -0.39 is 0 Å². The van der Waals surface area contributed by atoms with Crippen LogP contribution in [0.2, 0.25) is 10.0 Å². The molecule has 0 aliphatic carbocycles. The van der Waals surface area contributed by atoms with Gasteiger partial charge in [-0.1, -0.05) is 35.3 Å². The van der Waals surface area contributed by atoms with Gasteiger partial charge in [0, 0.05) is 22.2 Å². The lowest BCUT2D eigenvalue weighted by molar-refractivity contribution is 0.483. The Balaban J connectivity index is 1.91. The van der Waals surface area contributed by atoms with Crippen LogP contribution in [-0.2, 0) is 6.54 Å². The van der Waals surface area contributed by atoms with Gasteiger partial charge in [0.25, 0.3) is 0 Å². The highest BCUT2D eigenvalue weighted by molar-refractivity contribution is 6.34. The number of halogens is 2. The van der Waals surface area contributed by atoms with Gasteiger partial charge < -0.3 is 10.5 Å². The van der Waals surface area contributed by atoms with Gasteiger partial charge in [0.15, 0.2) is 0 Å². The first kappa shape index (κ1) is 14.8. The molecule has 3 rings (SSSR count). The Morgan fingerprint density at radius 2 is 1.77 bits per heavy atom. The van der Waals surface area contributed by atoms with Gasteiger partial charge >= 0.3 is 0 Å². The predicted octanol–water partition coefficient (Wildman–Crippen LogP) is 4.03. The lowest BCUT2D eigenvalue weighted by Gasteiger charge is -2.08. The third kappa shape index (κ3) is 3.22. The lowest BCUT2D eigenvalue weighted by atomic mass is 10.1. The number of hydrogen-bond donors (Lipinski definition) is 2. The zero-order valence-electron chi connectivity index (χ0n) is 11.4. The van der Waals surface area contributed by atoms with Crippen molar-refractivity contribution >= 4 is 23.2 Å². The van der Waals surface area contributed by atoms with Gasteiger partial charge in [-0.2, -0.15) is 15.4 Å². The van der Waals surface area contributed by atoms with Crippen LogP contribution >= 0.6 is 23.2 Å².